The largest absolute Gasteiger partial charge is 0.317 e. The van der Waals surface area contributed by atoms with Crippen LogP contribution in [0, 0.1) is 5.92 Å². The summed E-state index contributed by atoms with van der Waals surface area (Å²) in [6.07, 6.45) is 5.38. The van der Waals surface area contributed by atoms with Gasteiger partial charge in [-0.1, -0.05) is 13.8 Å². The molecule has 1 N–H and O–H groups in total. The van der Waals surface area contributed by atoms with Crippen LogP contribution in [0.2, 0.25) is 0 Å². The van der Waals surface area contributed by atoms with E-state index in [0.717, 1.165) is 19.6 Å². The van der Waals surface area contributed by atoms with Crippen molar-refractivity contribution in [1.29, 1.82) is 0 Å². The van der Waals surface area contributed by atoms with Crippen molar-refractivity contribution >= 4 is 0 Å². The molecule has 0 saturated carbocycles. The van der Waals surface area contributed by atoms with E-state index in [9.17, 15) is 0 Å². The van der Waals surface area contributed by atoms with Gasteiger partial charge in [0, 0.05) is 12.5 Å². The standard InChI is InChI=1S/C12H22N4/c1-10(2)8-16-12(14-9-15-16)11-4-3-6-13-7-5-11/h9-11,13H,3-8H2,1-2H3. The second-order valence-corrected chi connectivity index (χ2v) is 5.07. The van der Waals surface area contributed by atoms with Gasteiger partial charge in [-0.3, -0.25) is 0 Å². The van der Waals surface area contributed by atoms with E-state index in [1.165, 1.54) is 25.1 Å². The van der Waals surface area contributed by atoms with Gasteiger partial charge in [0.25, 0.3) is 0 Å². The predicted octanol–water partition coefficient (Wildman–Crippen LogP) is 1.79. The molecule has 1 unspecified atom stereocenters. The molecule has 1 aliphatic heterocycles. The van der Waals surface area contributed by atoms with E-state index >= 15 is 0 Å². The topological polar surface area (TPSA) is 42.7 Å². The summed E-state index contributed by atoms with van der Waals surface area (Å²) in [6.45, 7) is 7.69. The van der Waals surface area contributed by atoms with Gasteiger partial charge in [0.15, 0.2) is 0 Å². The number of hydrogen-bond acceptors (Lipinski definition) is 3. The fourth-order valence-corrected chi connectivity index (χ4v) is 2.35. The zero-order chi connectivity index (χ0) is 11.4. The monoisotopic (exact) mass is 222 g/mol. The Morgan fingerprint density at radius 2 is 2.31 bits per heavy atom. The molecule has 90 valence electrons. The fourth-order valence-electron chi connectivity index (χ4n) is 2.35. The summed E-state index contributed by atoms with van der Waals surface area (Å²) in [5, 5.41) is 7.79. The van der Waals surface area contributed by atoms with E-state index < -0.39 is 0 Å². The second-order valence-electron chi connectivity index (χ2n) is 5.07. The first-order chi connectivity index (χ1) is 7.77. The molecule has 2 heterocycles. The van der Waals surface area contributed by atoms with Gasteiger partial charge in [-0.25, -0.2) is 9.67 Å². The van der Waals surface area contributed by atoms with Crippen molar-refractivity contribution in [2.24, 2.45) is 5.92 Å². The van der Waals surface area contributed by atoms with E-state index in [1.54, 1.807) is 6.33 Å². The molecular weight excluding hydrogens is 200 g/mol. The summed E-state index contributed by atoms with van der Waals surface area (Å²) < 4.78 is 2.10. The fraction of sp³-hybridized carbons (Fsp3) is 0.833. The van der Waals surface area contributed by atoms with Crippen LogP contribution in [0.5, 0.6) is 0 Å². The van der Waals surface area contributed by atoms with Gasteiger partial charge >= 0.3 is 0 Å². The lowest BCUT2D eigenvalue weighted by molar-refractivity contribution is 0.438. The molecular formula is C12H22N4. The Morgan fingerprint density at radius 3 is 3.12 bits per heavy atom. The van der Waals surface area contributed by atoms with E-state index in [2.05, 4.69) is 33.9 Å². The SMILES string of the molecule is CC(C)Cn1ncnc1C1CCCNCC1. The Hall–Kier alpha value is -0.900. The minimum Gasteiger partial charge on any atom is -0.317 e. The summed E-state index contributed by atoms with van der Waals surface area (Å²) >= 11 is 0. The van der Waals surface area contributed by atoms with Crippen LogP contribution in [0.4, 0.5) is 0 Å². The van der Waals surface area contributed by atoms with Crippen molar-refractivity contribution in [3.8, 4) is 0 Å². The first kappa shape index (κ1) is 11.6. The third-order valence-corrected chi connectivity index (χ3v) is 3.12. The van der Waals surface area contributed by atoms with Crippen molar-refractivity contribution in [2.75, 3.05) is 13.1 Å². The molecule has 2 rings (SSSR count). The quantitative estimate of drug-likeness (QED) is 0.848. The summed E-state index contributed by atoms with van der Waals surface area (Å²) in [4.78, 5) is 4.46. The highest BCUT2D eigenvalue weighted by atomic mass is 15.3. The molecule has 0 aromatic carbocycles. The lowest BCUT2D eigenvalue weighted by atomic mass is 10.00. The smallest absolute Gasteiger partial charge is 0.138 e. The maximum absolute atomic E-state index is 4.46. The second kappa shape index (κ2) is 5.43. The van der Waals surface area contributed by atoms with E-state index in [0.29, 0.717) is 11.8 Å². The maximum Gasteiger partial charge on any atom is 0.138 e. The number of nitrogens with zero attached hydrogens (tertiary/aromatic N) is 3. The van der Waals surface area contributed by atoms with Crippen LogP contribution in [-0.4, -0.2) is 27.9 Å². The van der Waals surface area contributed by atoms with Gasteiger partial charge in [0.05, 0.1) is 0 Å². The van der Waals surface area contributed by atoms with Crippen molar-refractivity contribution in [3.05, 3.63) is 12.2 Å². The maximum atomic E-state index is 4.46. The molecule has 1 atom stereocenters. The van der Waals surface area contributed by atoms with Gasteiger partial charge in [-0.05, 0) is 38.3 Å². The Kier molecular flexibility index (Phi) is 3.93. The molecule has 1 aliphatic rings. The van der Waals surface area contributed by atoms with Crippen LogP contribution in [0.1, 0.15) is 44.9 Å². The molecule has 0 spiro atoms. The lowest BCUT2D eigenvalue weighted by Crippen LogP contribution is -2.16. The molecule has 1 saturated heterocycles. The summed E-state index contributed by atoms with van der Waals surface area (Å²) in [5.41, 5.74) is 0. The Balaban J connectivity index is 2.09. The third-order valence-electron chi connectivity index (χ3n) is 3.12. The zero-order valence-corrected chi connectivity index (χ0v) is 10.3. The van der Waals surface area contributed by atoms with Crippen molar-refractivity contribution < 1.29 is 0 Å². The molecule has 0 amide bonds. The van der Waals surface area contributed by atoms with Crippen LogP contribution < -0.4 is 5.32 Å². The molecule has 16 heavy (non-hydrogen) atoms. The highest BCUT2D eigenvalue weighted by molar-refractivity contribution is 4.97. The van der Waals surface area contributed by atoms with Crippen LogP contribution >= 0.6 is 0 Å². The Bertz CT molecular complexity index is 311. The molecule has 1 aromatic heterocycles. The zero-order valence-electron chi connectivity index (χ0n) is 10.3. The Labute approximate surface area is 97.5 Å². The molecule has 1 fully saturated rings. The van der Waals surface area contributed by atoms with Crippen LogP contribution in [-0.2, 0) is 6.54 Å². The first-order valence-electron chi connectivity index (χ1n) is 6.36. The molecule has 1 aromatic rings. The Morgan fingerprint density at radius 1 is 1.44 bits per heavy atom. The highest BCUT2D eigenvalue weighted by Crippen LogP contribution is 2.24. The number of rotatable bonds is 3. The summed E-state index contributed by atoms with van der Waals surface area (Å²) in [6, 6.07) is 0. The van der Waals surface area contributed by atoms with Crippen LogP contribution in [0.25, 0.3) is 0 Å². The average Bonchev–Trinajstić information content (AvgIpc) is 2.53. The lowest BCUT2D eigenvalue weighted by Gasteiger charge is -2.15. The molecule has 4 heteroatoms. The normalized spacial score (nSPS) is 22.3. The summed E-state index contributed by atoms with van der Waals surface area (Å²) in [7, 11) is 0. The third kappa shape index (κ3) is 2.82. The van der Waals surface area contributed by atoms with Gasteiger partial charge in [0.1, 0.15) is 12.2 Å². The number of hydrogen-bond donors (Lipinski definition) is 1. The van der Waals surface area contributed by atoms with Crippen molar-refractivity contribution in [1.82, 2.24) is 20.1 Å². The molecule has 0 aliphatic carbocycles. The van der Waals surface area contributed by atoms with E-state index in [-0.39, 0.29) is 0 Å². The van der Waals surface area contributed by atoms with Gasteiger partial charge in [-0.2, -0.15) is 5.10 Å². The minimum atomic E-state index is 0.594. The minimum absolute atomic E-state index is 0.594. The van der Waals surface area contributed by atoms with Crippen LogP contribution in [0.3, 0.4) is 0 Å². The molecule has 4 nitrogen and oxygen atoms in total. The number of nitrogens with one attached hydrogen (secondary N) is 1. The van der Waals surface area contributed by atoms with Crippen molar-refractivity contribution in [2.45, 2.75) is 45.6 Å². The average molecular weight is 222 g/mol. The first-order valence-corrected chi connectivity index (χ1v) is 6.36. The predicted molar refractivity (Wildman–Crippen MR) is 64.3 cm³/mol. The van der Waals surface area contributed by atoms with Gasteiger partial charge in [-0.15, -0.1) is 0 Å². The molecule has 0 bridgehead atoms. The highest BCUT2D eigenvalue weighted by Gasteiger charge is 2.19. The van der Waals surface area contributed by atoms with Gasteiger partial charge < -0.3 is 5.32 Å². The van der Waals surface area contributed by atoms with E-state index in [4.69, 9.17) is 0 Å². The van der Waals surface area contributed by atoms with Crippen LogP contribution in [0.15, 0.2) is 6.33 Å². The molecule has 0 radical (unpaired) electrons. The number of aromatic nitrogens is 3. The van der Waals surface area contributed by atoms with Crippen molar-refractivity contribution in [3.63, 3.8) is 0 Å². The van der Waals surface area contributed by atoms with E-state index in [1.807, 2.05) is 0 Å². The van der Waals surface area contributed by atoms with Gasteiger partial charge in [0.2, 0.25) is 0 Å². The summed E-state index contributed by atoms with van der Waals surface area (Å²) in [5.74, 6) is 2.41.